The fourth-order valence-electron chi connectivity index (χ4n) is 1.92. The Morgan fingerprint density at radius 3 is 2.05 bits per heavy atom. The average Bonchev–Trinajstić information content (AvgIpc) is 2.37. The molecule has 0 aliphatic carbocycles. The molecule has 0 rings (SSSR count). The first-order chi connectivity index (χ1) is 10.1. The smallest absolute Gasteiger partial charge is 0.353 e. The van der Waals surface area contributed by atoms with Crippen molar-refractivity contribution in [1.29, 1.82) is 0 Å². The molecule has 0 heterocycles. The molecular weight excluding hydrogens is 309 g/mol. The van der Waals surface area contributed by atoms with E-state index in [4.69, 9.17) is 18.7 Å². The van der Waals surface area contributed by atoms with Crippen LogP contribution in [0.5, 0.6) is 0 Å². The lowest BCUT2D eigenvalue weighted by Crippen LogP contribution is -2.37. The van der Waals surface area contributed by atoms with Crippen molar-refractivity contribution < 1.29 is 32.7 Å². The number of quaternary nitrogens is 1. The molecule has 0 spiro atoms. The minimum Gasteiger partial charge on any atom is -0.384 e. The van der Waals surface area contributed by atoms with E-state index in [-0.39, 0.29) is 25.0 Å². The van der Waals surface area contributed by atoms with Gasteiger partial charge >= 0.3 is 7.60 Å². The second-order valence-electron chi connectivity index (χ2n) is 6.68. The monoisotopic (exact) mass is 342 g/mol. The van der Waals surface area contributed by atoms with Gasteiger partial charge in [0.05, 0.1) is 41.0 Å². The summed E-state index contributed by atoms with van der Waals surface area (Å²) < 4.78 is 33.5. The minimum atomic E-state index is -3.73. The maximum absolute atomic E-state index is 11.9. The van der Waals surface area contributed by atoms with Gasteiger partial charge in [-0.05, 0) is 6.42 Å². The molecule has 1 N–H and O–H groups in total. The van der Waals surface area contributed by atoms with Crippen molar-refractivity contribution in [3.63, 3.8) is 0 Å². The van der Waals surface area contributed by atoms with Crippen LogP contribution in [0, 0.1) is 5.41 Å². The minimum absolute atomic E-state index is 0.218. The van der Waals surface area contributed by atoms with Gasteiger partial charge in [0.25, 0.3) is 0 Å². The number of hydrogen-bond donors (Lipinski definition) is 1. The molecule has 22 heavy (non-hydrogen) atoms. The second kappa shape index (κ2) is 9.98. The highest BCUT2D eigenvalue weighted by Crippen LogP contribution is 2.42. The van der Waals surface area contributed by atoms with E-state index in [1.165, 1.54) is 0 Å². The summed E-state index contributed by atoms with van der Waals surface area (Å²) in [4.78, 5) is 9.78. The van der Waals surface area contributed by atoms with Crippen LogP contribution in [-0.2, 0) is 23.3 Å². The molecule has 0 aromatic rings. The quantitative estimate of drug-likeness (QED) is 0.404. The first-order valence-corrected chi connectivity index (χ1v) is 9.18. The standard InChI is InChI=1S/C14H32NO6P/c1-7-14(10-18-5,11-19-6)12-20-13-22(16,17)21-9-8-15(2,3)4/h7-13H2,1-6H3/p+1. The van der Waals surface area contributed by atoms with Crippen LogP contribution < -0.4 is 0 Å². The molecule has 0 saturated carbocycles. The van der Waals surface area contributed by atoms with Crippen LogP contribution in [0.4, 0.5) is 0 Å². The highest BCUT2D eigenvalue weighted by Gasteiger charge is 2.31. The summed E-state index contributed by atoms with van der Waals surface area (Å²) in [5, 5.41) is 0. The van der Waals surface area contributed by atoms with Gasteiger partial charge in [0.1, 0.15) is 19.5 Å². The van der Waals surface area contributed by atoms with Crippen molar-refractivity contribution in [2.45, 2.75) is 13.3 Å². The van der Waals surface area contributed by atoms with Gasteiger partial charge in [-0.3, -0.25) is 4.57 Å². The van der Waals surface area contributed by atoms with Crippen molar-refractivity contribution in [1.82, 2.24) is 0 Å². The van der Waals surface area contributed by atoms with E-state index in [0.29, 0.717) is 24.2 Å². The molecule has 0 fully saturated rings. The van der Waals surface area contributed by atoms with Crippen LogP contribution in [0.2, 0.25) is 0 Å². The Hall–Kier alpha value is -0.0100. The van der Waals surface area contributed by atoms with E-state index >= 15 is 0 Å². The van der Waals surface area contributed by atoms with Crippen LogP contribution in [0.3, 0.4) is 0 Å². The summed E-state index contributed by atoms with van der Waals surface area (Å²) in [7, 11) is 5.48. The van der Waals surface area contributed by atoms with Gasteiger partial charge in [-0.2, -0.15) is 0 Å². The van der Waals surface area contributed by atoms with Crippen molar-refractivity contribution in [3.05, 3.63) is 0 Å². The van der Waals surface area contributed by atoms with Crippen molar-refractivity contribution >= 4 is 7.60 Å². The zero-order valence-corrected chi connectivity index (χ0v) is 15.7. The topological polar surface area (TPSA) is 74.2 Å². The van der Waals surface area contributed by atoms with E-state index in [2.05, 4.69) is 0 Å². The Morgan fingerprint density at radius 2 is 1.64 bits per heavy atom. The number of nitrogens with zero attached hydrogens (tertiary/aromatic N) is 1. The first kappa shape index (κ1) is 22.0. The van der Waals surface area contributed by atoms with Crippen molar-refractivity contribution in [2.24, 2.45) is 5.41 Å². The molecule has 0 saturated heterocycles. The third-order valence-corrected chi connectivity index (χ3v) is 4.46. The maximum atomic E-state index is 11.9. The van der Waals surface area contributed by atoms with Gasteiger partial charge in [0, 0.05) is 19.6 Å². The molecule has 0 amide bonds. The van der Waals surface area contributed by atoms with Crippen LogP contribution >= 0.6 is 7.60 Å². The lowest BCUT2D eigenvalue weighted by Gasteiger charge is -2.31. The molecule has 0 aliphatic rings. The van der Waals surface area contributed by atoms with E-state index < -0.39 is 7.60 Å². The molecule has 1 atom stereocenters. The van der Waals surface area contributed by atoms with E-state index in [0.717, 1.165) is 6.42 Å². The average molecular weight is 342 g/mol. The van der Waals surface area contributed by atoms with E-state index in [9.17, 15) is 9.46 Å². The number of hydrogen-bond acceptors (Lipinski definition) is 5. The molecule has 1 unspecified atom stereocenters. The summed E-state index contributed by atoms with van der Waals surface area (Å²) in [6, 6.07) is 0. The first-order valence-electron chi connectivity index (χ1n) is 7.42. The van der Waals surface area contributed by atoms with Crippen LogP contribution in [0.1, 0.15) is 13.3 Å². The van der Waals surface area contributed by atoms with Crippen LogP contribution in [0.15, 0.2) is 0 Å². The molecule has 0 bridgehead atoms. The zero-order valence-electron chi connectivity index (χ0n) is 14.8. The molecular formula is C14H33NO6P+. The predicted molar refractivity (Wildman–Crippen MR) is 86.0 cm³/mol. The second-order valence-corrected chi connectivity index (χ2v) is 8.47. The summed E-state index contributed by atoms with van der Waals surface area (Å²) in [5.74, 6) is 0. The lowest BCUT2D eigenvalue weighted by molar-refractivity contribution is -0.870. The van der Waals surface area contributed by atoms with Gasteiger partial charge in [-0.25, -0.2) is 0 Å². The van der Waals surface area contributed by atoms with Gasteiger partial charge in [0.2, 0.25) is 0 Å². The molecule has 0 radical (unpaired) electrons. The van der Waals surface area contributed by atoms with Crippen LogP contribution in [0.25, 0.3) is 0 Å². The number of likely N-dealkylation sites (N-methyl/N-ethyl adjacent to an activating group) is 1. The fourth-order valence-corrected chi connectivity index (χ4v) is 2.68. The molecule has 0 aromatic heterocycles. The van der Waals surface area contributed by atoms with E-state index in [1.807, 2.05) is 28.1 Å². The van der Waals surface area contributed by atoms with Gasteiger partial charge < -0.3 is 28.1 Å². The Balaban J connectivity index is 4.30. The summed E-state index contributed by atoms with van der Waals surface area (Å²) in [5.41, 5.74) is -0.314. The molecule has 134 valence electrons. The Morgan fingerprint density at radius 1 is 1.09 bits per heavy atom. The summed E-state index contributed by atoms with van der Waals surface area (Å²) >= 11 is 0. The number of rotatable bonds is 13. The van der Waals surface area contributed by atoms with Crippen LogP contribution in [-0.4, -0.2) is 84.1 Å². The normalized spacial score (nSPS) is 15.8. The highest BCUT2D eigenvalue weighted by atomic mass is 31.2. The summed E-state index contributed by atoms with van der Waals surface area (Å²) in [6.45, 7) is 4.10. The SMILES string of the molecule is CCC(COC)(COC)COCP(=O)(O)OCC[N+](C)(C)C. The predicted octanol–water partition coefficient (Wildman–Crippen LogP) is 1.56. The van der Waals surface area contributed by atoms with Crippen molar-refractivity contribution in [3.8, 4) is 0 Å². The summed E-state index contributed by atoms with van der Waals surface area (Å²) in [6.07, 6.45) is 0.464. The molecule has 0 aromatic carbocycles. The number of ether oxygens (including phenoxy) is 3. The maximum Gasteiger partial charge on any atom is 0.353 e. The fraction of sp³-hybridized carbons (Fsp3) is 1.00. The Kier molecular flexibility index (Phi) is 9.98. The third kappa shape index (κ3) is 9.90. The Labute approximate surface area is 134 Å². The Bertz CT molecular complexity index is 339. The van der Waals surface area contributed by atoms with Gasteiger partial charge in [-0.1, -0.05) is 6.92 Å². The lowest BCUT2D eigenvalue weighted by atomic mass is 9.88. The molecule has 7 nitrogen and oxygen atoms in total. The zero-order chi connectivity index (χ0) is 17.3. The van der Waals surface area contributed by atoms with Gasteiger partial charge in [-0.15, -0.1) is 0 Å². The third-order valence-electron chi connectivity index (χ3n) is 3.37. The van der Waals surface area contributed by atoms with E-state index in [1.54, 1.807) is 14.2 Å². The highest BCUT2D eigenvalue weighted by molar-refractivity contribution is 7.52. The number of methoxy groups -OCH3 is 2. The molecule has 0 aliphatic heterocycles. The largest absolute Gasteiger partial charge is 0.384 e. The van der Waals surface area contributed by atoms with Gasteiger partial charge in [0.15, 0.2) is 0 Å². The van der Waals surface area contributed by atoms with Crippen molar-refractivity contribution in [2.75, 3.05) is 74.7 Å². The molecule has 8 heteroatoms.